The monoisotopic (exact) mass is 370 g/mol. The lowest BCUT2D eigenvalue weighted by Crippen LogP contribution is -2.40. The second kappa shape index (κ2) is 7.42. The topological polar surface area (TPSA) is 54.1 Å². The van der Waals surface area contributed by atoms with E-state index in [1.165, 1.54) is 0 Å². The van der Waals surface area contributed by atoms with Crippen LogP contribution in [0.2, 0.25) is 5.02 Å². The van der Waals surface area contributed by atoms with Gasteiger partial charge in [-0.3, -0.25) is 4.79 Å². The van der Waals surface area contributed by atoms with Gasteiger partial charge in [-0.05, 0) is 61.7 Å². The highest BCUT2D eigenvalue weighted by atomic mass is 35.5. The van der Waals surface area contributed by atoms with Crippen LogP contribution < -0.4 is 10.1 Å². The van der Waals surface area contributed by atoms with Crippen molar-refractivity contribution in [2.75, 3.05) is 13.7 Å². The Hall–Kier alpha value is -2.46. The first-order valence-electron chi connectivity index (χ1n) is 8.60. The maximum Gasteiger partial charge on any atom is 0.230 e. The van der Waals surface area contributed by atoms with Crippen LogP contribution in [0, 0.1) is 0 Å². The van der Waals surface area contributed by atoms with E-state index in [2.05, 4.69) is 10.3 Å². The molecule has 136 valence electrons. The van der Waals surface area contributed by atoms with E-state index in [9.17, 15) is 4.79 Å². The summed E-state index contributed by atoms with van der Waals surface area (Å²) < 4.78 is 5.32. The fourth-order valence-corrected chi connectivity index (χ4v) is 3.18. The second-order valence-corrected chi connectivity index (χ2v) is 7.31. The van der Waals surface area contributed by atoms with Crippen LogP contribution in [-0.2, 0) is 16.6 Å². The summed E-state index contributed by atoms with van der Waals surface area (Å²) in [6, 6.07) is 13.5. The number of amides is 1. The minimum atomic E-state index is -0.662. The highest BCUT2D eigenvalue weighted by Gasteiger charge is 2.32. The van der Waals surface area contributed by atoms with E-state index in [0.29, 0.717) is 11.6 Å². The van der Waals surface area contributed by atoms with E-state index >= 15 is 0 Å². The average molecular weight is 371 g/mol. The second-order valence-electron chi connectivity index (χ2n) is 6.87. The van der Waals surface area contributed by atoms with Gasteiger partial charge in [0, 0.05) is 28.7 Å². The van der Waals surface area contributed by atoms with Crippen molar-refractivity contribution in [3.63, 3.8) is 0 Å². The number of H-pyrrole nitrogens is 1. The van der Waals surface area contributed by atoms with Gasteiger partial charge in [0.25, 0.3) is 0 Å². The quantitative estimate of drug-likeness (QED) is 0.672. The fourth-order valence-electron chi connectivity index (χ4n) is 3.06. The Morgan fingerprint density at radius 1 is 1.19 bits per heavy atom. The van der Waals surface area contributed by atoms with Crippen molar-refractivity contribution in [2.45, 2.75) is 25.7 Å². The molecular weight excluding hydrogens is 348 g/mol. The summed E-state index contributed by atoms with van der Waals surface area (Å²) in [4.78, 5) is 16.1. The van der Waals surface area contributed by atoms with Crippen LogP contribution >= 0.6 is 11.6 Å². The van der Waals surface area contributed by atoms with Gasteiger partial charge in [0.05, 0.1) is 12.5 Å². The number of carbonyl (C=O) groups excluding carboxylic acids is 1. The molecule has 2 N–H and O–H groups in total. The third kappa shape index (κ3) is 3.70. The predicted octanol–water partition coefficient (Wildman–Crippen LogP) is 4.47. The minimum Gasteiger partial charge on any atom is -0.497 e. The number of benzene rings is 2. The molecule has 0 bridgehead atoms. The van der Waals surface area contributed by atoms with E-state index in [1.807, 2.05) is 62.5 Å². The number of carbonyl (C=O) groups is 1. The first kappa shape index (κ1) is 18.3. The molecule has 1 aromatic heterocycles. The van der Waals surface area contributed by atoms with E-state index in [4.69, 9.17) is 16.3 Å². The molecule has 0 saturated heterocycles. The SMILES string of the molecule is COc1ccc2[nH]cc(C(C)(C)C(=O)NCCc3ccc(Cl)cc3)c2c1. The number of hydrogen-bond acceptors (Lipinski definition) is 2. The van der Waals surface area contributed by atoms with Crippen molar-refractivity contribution in [2.24, 2.45) is 0 Å². The number of aromatic nitrogens is 1. The third-order valence-electron chi connectivity index (χ3n) is 4.74. The first-order chi connectivity index (χ1) is 12.4. The lowest BCUT2D eigenvalue weighted by molar-refractivity contribution is -0.125. The summed E-state index contributed by atoms with van der Waals surface area (Å²) >= 11 is 5.90. The molecular formula is C21H23ClN2O2. The molecule has 0 spiro atoms. The van der Waals surface area contributed by atoms with Gasteiger partial charge >= 0.3 is 0 Å². The maximum absolute atomic E-state index is 12.8. The number of nitrogens with one attached hydrogen (secondary N) is 2. The molecule has 5 heteroatoms. The Morgan fingerprint density at radius 3 is 2.62 bits per heavy atom. The van der Waals surface area contributed by atoms with E-state index < -0.39 is 5.41 Å². The van der Waals surface area contributed by atoms with Crippen molar-refractivity contribution < 1.29 is 9.53 Å². The van der Waals surface area contributed by atoms with Crippen LogP contribution in [0.25, 0.3) is 10.9 Å². The van der Waals surface area contributed by atoms with Crippen molar-refractivity contribution in [1.29, 1.82) is 0 Å². The van der Waals surface area contributed by atoms with E-state index in [0.717, 1.165) is 34.2 Å². The molecule has 4 nitrogen and oxygen atoms in total. The summed E-state index contributed by atoms with van der Waals surface area (Å²) in [6.07, 6.45) is 2.67. The van der Waals surface area contributed by atoms with Crippen molar-refractivity contribution in [3.05, 3.63) is 64.8 Å². The van der Waals surface area contributed by atoms with Gasteiger partial charge in [0.15, 0.2) is 0 Å². The number of hydrogen-bond donors (Lipinski definition) is 2. The number of fused-ring (bicyclic) bond motifs is 1. The van der Waals surface area contributed by atoms with Gasteiger partial charge in [0.2, 0.25) is 5.91 Å². The van der Waals surface area contributed by atoms with Crippen LogP contribution in [0.4, 0.5) is 0 Å². The Labute approximate surface area is 158 Å². The van der Waals surface area contributed by atoms with Crippen molar-refractivity contribution in [1.82, 2.24) is 10.3 Å². The lowest BCUT2D eigenvalue weighted by atomic mass is 9.83. The normalized spacial score (nSPS) is 11.5. The maximum atomic E-state index is 12.8. The Balaban J connectivity index is 1.72. The van der Waals surface area contributed by atoms with Gasteiger partial charge in [-0.15, -0.1) is 0 Å². The van der Waals surface area contributed by atoms with Crippen LogP contribution in [0.1, 0.15) is 25.0 Å². The molecule has 2 aromatic carbocycles. The molecule has 1 amide bonds. The van der Waals surface area contributed by atoms with Gasteiger partial charge in [-0.2, -0.15) is 0 Å². The standard InChI is InChI=1S/C21H23ClN2O2/c1-21(2,18-13-24-19-9-8-16(26-3)12-17(18)19)20(25)23-11-10-14-4-6-15(22)7-5-14/h4-9,12-13,24H,10-11H2,1-3H3,(H,23,25). The molecule has 0 aliphatic carbocycles. The Kier molecular flexibility index (Phi) is 5.23. The van der Waals surface area contributed by atoms with Gasteiger partial charge in [-0.25, -0.2) is 0 Å². The van der Waals surface area contributed by atoms with Crippen LogP contribution in [0.3, 0.4) is 0 Å². The Bertz CT molecular complexity index is 913. The molecule has 3 aromatic rings. The van der Waals surface area contributed by atoms with Crippen LogP contribution in [0.5, 0.6) is 5.75 Å². The minimum absolute atomic E-state index is 0.00446. The number of methoxy groups -OCH3 is 1. The third-order valence-corrected chi connectivity index (χ3v) is 4.99. The smallest absolute Gasteiger partial charge is 0.230 e. The summed E-state index contributed by atoms with van der Waals surface area (Å²) in [5.74, 6) is 0.771. The molecule has 3 rings (SSSR count). The Morgan fingerprint density at radius 2 is 1.92 bits per heavy atom. The molecule has 0 fully saturated rings. The van der Waals surface area contributed by atoms with E-state index in [-0.39, 0.29) is 5.91 Å². The summed E-state index contributed by atoms with van der Waals surface area (Å²) in [5, 5.41) is 4.77. The molecule has 26 heavy (non-hydrogen) atoms. The fraction of sp³-hybridized carbons (Fsp3) is 0.286. The zero-order chi connectivity index (χ0) is 18.7. The highest BCUT2D eigenvalue weighted by molar-refractivity contribution is 6.30. The molecule has 0 aliphatic heterocycles. The van der Waals surface area contributed by atoms with Crippen LogP contribution in [-0.4, -0.2) is 24.5 Å². The molecule has 0 unspecified atom stereocenters. The van der Waals surface area contributed by atoms with Gasteiger partial charge in [-0.1, -0.05) is 23.7 Å². The number of rotatable bonds is 6. The average Bonchev–Trinajstić information content (AvgIpc) is 3.07. The predicted molar refractivity (Wildman–Crippen MR) is 106 cm³/mol. The zero-order valence-corrected chi connectivity index (χ0v) is 16.0. The largest absolute Gasteiger partial charge is 0.497 e. The number of halogens is 1. The molecule has 0 aliphatic rings. The van der Waals surface area contributed by atoms with E-state index in [1.54, 1.807) is 7.11 Å². The molecule has 0 atom stereocenters. The first-order valence-corrected chi connectivity index (χ1v) is 8.98. The number of ether oxygens (including phenoxy) is 1. The highest BCUT2D eigenvalue weighted by Crippen LogP contribution is 2.32. The van der Waals surface area contributed by atoms with Gasteiger partial charge in [0.1, 0.15) is 5.75 Å². The summed E-state index contributed by atoms with van der Waals surface area (Å²) in [7, 11) is 1.64. The van der Waals surface area contributed by atoms with Crippen molar-refractivity contribution in [3.8, 4) is 5.75 Å². The van der Waals surface area contributed by atoms with Gasteiger partial charge < -0.3 is 15.0 Å². The number of aromatic amines is 1. The molecule has 1 heterocycles. The molecule has 0 saturated carbocycles. The lowest BCUT2D eigenvalue weighted by Gasteiger charge is -2.23. The van der Waals surface area contributed by atoms with Crippen molar-refractivity contribution >= 4 is 28.4 Å². The van der Waals surface area contributed by atoms with Crippen LogP contribution in [0.15, 0.2) is 48.7 Å². The summed E-state index contributed by atoms with van der Waals surface area (Å²) in [6.45, 7) is 4.45. The molecule has 0 radical (unpaired) electrons. The summed E-state index contributed by atoms with van der Waals surface area (Å²) in [5.41, 5.74) is 2.42. The zero-order valence-electron chi connectivity index (χ0n) is 15.2.